The van der Waals surface area contributed by atoms with Crippen molar-refractivity contribution in [1.82, 2.24) is 14.8 Å². The van der Waals surface area contributed by atoms with Crippen LogP contribution in [0.2, 0.25) is 0 Å². The van der Waals surface area contributed by atoms with Gasteiger partial charge < -0.3 is 5.32 Å². The first-order valence-corrected chi connectivity index (χ1v) is 7.24. The second-order valence-corrected chi connectivity index (χ2v) is 6.53. The summed E-state index contributed by atoms with van der Waals surface area (Å²) in [5.74, 6) is 1.84. The number of nitrogens with zero attached hydrogens (tertiary/aromatic N) is 3. The van der Waals surface area contributed by atoms with Gasteiger partial charge in [-0.2, -0.15) is 5.10 Å². The topological polar surface area (TPSA) is 42.7 Å². The highest BCUT2D eigenvalue weighted by atomic mass is 15.3. The Kier molecular flexibility index (Phi) is 3.04. The highest BCUT2D eigenvalue weighted by molar-refractivity contribution is 5.64. The normalized spacial score (nSPS) is 14.8. The molecule has 2 aromatic rings. The summed E-state index contributed by atoms with van der Waals surface area (Å²) in [4.78, 5) is 4.73. The summed E-state index contributed by atoms with van der Waals surface area (Å²) in [6.07, 6.45) is 2.34. The molecule has 4 heteroatoms. The van der Waals surface area contributed by atoms with Crippen molar-refractivity contribution in [3.63, 3.8) is 0 Å². The van der Waals surface area contributed by atoms with E-state index in [1.165, 1.54) is 17.7 Å². The highest BCUT2D eigenvalue weighted by Gasteiger charge is 2.22. The fourth-order valence-electron chi connectivity index (χ4n) is 2.57. The van der Waals surface area contributed by atoms with Gasteiger partial charge in [-0.1, -0.05) is 20.8 Å². The second-order valence-electron chi connectivity index (χ2n) is 6.53. The van der Waals surface area contributed by atoms with E-state index in [0.29, 0.717) is 0 Å². The van der Waals surface area contributed by atoms with E-state index in [-0.39, 0.29) is 5.41 Å². The lowest BCUT2D eigenvalue weighted by atomic mass is 9.96. The van der Waals surface area contributed by atoms with E-state index in [4.69, 9.17) is 4.98 Å². The summed E-state index contributed by atoms with van der Waals surface area (Å²) in [5.41, 5.74) is 3.77. The molecule has 0 saturated heterocycles. The Morgan fingerprint density at radius 1 is 1.25 bits per heavy atom. The summed E-state index contributed by atoms with van der Waals surface area (Å²) in [5, 5.41) is 8.00. The van der Waals surface area contributed by atoms with Gasteiger partial charge in [-0.3, -0.25) is 0 Å². The maximum atomic E-state index is 4.73. The molecule has 0 saturated carbocycles. The van der Waals surface area contributed by atoms with Crippen LogP contribution in [0.4, 0.5) is 5.69 Å². The number of nitrogens with one attached hydrogen (secondary N) is 1. The molecule has 20 heavy (non-hydrogen) atoms. The molecule has 0 radical (unpaired) electrons. The van der Waals surface area contributed by atoms with Crippen molar-refractivity contribution < 1.29 is 0 Å². The number of aryl methyl sites for hydroxylation is 2. The molecule has 0 atom stereocenters. The molecule has 1 aliphatic rings. The van der Waals surface area contributed by atoms with Crippen LogP contribution in [0.1, 0.15) is 38.6 Å². The lowest BCUT2D eigenvalue weighted by molar-refractivity contribution is 0.538. The number of anilines is 1. The molecule has 0 bridgehead atoms. The average Bonchev–Trinajstić information content (AvgIpc) is 2.80. The molecule has 0 fully saturated rings. The summed E-state index contributed by atoms with van der Waals surface area (Å²) >= 11 is 0. The summed E-state index contributed by atoms with van der Waals surface area (Å²) in [7, 11) is 1.97. The zero-order chi connectivity index (χ0) is 14.3. The minimum atomic E-state index is -0.0221. The molecule has 1 aromatic carbocycles. The molecule has 4 nitrogen and oxygen atoms in total. The van der Waals surface area contributed by atoms with Gasteiger partial charge in [0, 0.05) is 30.3 Å². The van der Waals surface area contributed by atoms with Crippen molar-refractivity contribution in [1.29, 1.82) is 0 Å². The maximum absolute atomic E-state index is 4.73. The van der Waals surface area contributed by atoms with Gasteiger partial charge >= 0.3 is 0 Å². The van der Waals surface area contributed by atoms with Crippen LogP contribution in [0.15, 0.2) is 18.2 Å². The SMILES string of the molecule is Cn1nc(C(C)(C)C)nc1-c1ccc2c(c1)CCCN2. The smallest absolute Gasteiger partial charge is 0.158 e. The first-order chi connectivity index (χ1) is 9.45. The first-order valence-electron chi connectivity index (χ1n) is 7.24. The van der Waals surface area contributed by atoms with Crippen LogP contribution in [-0.4, -0.2) is 21.3 Å². The molecule has 3 rings (SSSR count). The maximum Gasteiger partial charge on any atom is 0.158 e. The Morgan fingerprint density at radius 3 is 2.75 bits per heavy atom. The molecule has 2 heterocycles. The van der Waals surface area contributed by atoms with E-state index in [1.54, 1.807) is 0 Å². The largest absolute Gasteiger partial charge is 0.385 e. The molecule has 1 aromatic heterocycles. The number of fused-ring (bicyclic) bond motifs is 1. The summed E-state index contributed by atoms with van der Waals surface area (Å²) in [6, 6.07) is 6.54. The number of hydrogen-bond donors (Lipinski definition) is 1. The van der Waals surface area contributed by atoms with Crippen LogP contribution < -0.4 is 5.32 Å². The quantitative estimate of drug-likeness (QED) is 0.865. The van der Waals surface area contributed by atoms with E-state index in [1.807, 2.05) is 11.7 Å². The summed E-state index contributed by atoms with van der Waals surface area (Å²) < 4.78 is 1.89. The predicted octanol–water partition coefficient (Wildman–Crippen LogP) is 3.14. The number of hydrogen-bond acceptors (Lipinski definition) is 3. The van der Waals surface area contributed by atoms with Gasteiger partial charge in [0.1, 0.15) is 0 Å². The third kappa shape index (κ3) is 2.30. The van der Waals surface area contributed by atoms with Crippen molar-refractivity contribution in [2.75, 3.05) is 11.9 Å². The second kappa shape index (κ2) is 4.62. The van der Waals surface area contributed by atoms with Crippen molar-refractivity contribution >= 4 is 5.69 Å². The molecule has 0 amide bonds. The van der Waals surface area contributed by atoms with Crippen LogP contribution in [0, 0.1) is 0 Å². The Bertz CT molecular complexity index is 634. The van der Waals surface area contributed by atoms with Crippen LogP contribution in [0.3, 0.4) is 0 Å². The fourth-order valence-corrected chi connectivity index (χ4v) is 2.57. The van der Waals surface area contributed by atoms with Gasteiger partial charge in [0.15, 0.2) is 11.6 Å². The number of rotatable bonds is 1. The van der Waals surface area contributed by atoms with Gasteiger partial charge in [0.25, 0.3) is 0 Å². The Hall–Kier alpha value is -1.84. The van der Waals surface area contributed by atoms with Crippen molar-refractivity contribution in [2.45, 2.75) is 39.0 Å². The molecule has 0 spiro atoms. The van der Waals surface area contributed by atoms with Crippen LogP contribution in [0.5, 0.6) is 0 Å². The van der Waals surface area contributed by atoms with Gasteiger partial charge in [-0.15, -0.1) is 0 Å². The average molecular weight is 270 g/mol. The third-order valence-electron chi connectivity index (χ3n) is 3.74. The standard InChI is InChI=1S/C16H22N4/c1-16(2,3)15-18-14(20(4)19-15)12-7-8-13-11(10-12)6-5-9-17-13/h7-8,10,17H,5-6,9H2,1-4H3. The van der Waals surface area contributed by atoms with Crippen LogP contribution in [0.25, 0.3) is 11.4 Å². The zero-order valence-corrected chi connectivity index (χ0v) is 12.7. The van der Waals surface area contributed by atoms with Crippen molar-refractivity contribution in [3.05, 3.63) is 29.6 Å². The zero-order valence-electron chi connectivity index (χ0n) is 12.7. The van der Waals surface area contributed by atoms with E-state index < -0.39 is 0 Å². The van der Waals surface area contributed by atoms with Gasteiger partial charge in [-0.05, 0) is 36.6 Å². The highest BCUT2D eigenvalue weighted by Crippen LogP contribution is 2.28. The molecular weight excluding hydrogens is 248 g/mol. The first kappa shape index (κ1) is 13.2. The summed E-state index contributed by atoms with van der Waals surface area (Å²) in [6.45, 7) is 7.50. The Balaban J connectivity index is 2.03. The fraction of sp³-hybridized carbons (Fsp3) is 0.500. The molecular formula is C16H22N4. The molecule has 0 unspecified atom stereocenters. The van der Waals surface area contributed by atoms with E-state index in [0.717, 1.165) is 30.2 Å². The molecule has 0 aliphatic carbocycles. The van der Waals surface area contributed by atoms with Crippen LogP contribution in [-0.2, 0) is 18.9 Å². The molecule has 1 aliphatic heterocycles. The Labute approximate surface area is 120 Å². The monoisotopic (exact) mass is 270 g/mol. The van der Waals surface area contributed by atoms with Gasteiger partial charge in [0.2, 0.25) is 0 Å². The molecule has 1 N–H and O–H groups in total. The minimum absolute atomic E-state index is 0.0221. The van der Waals surface area contributed by atoms with Crippen molar-refractivity contribution in [3.8, 4) is 11.4 Å². The van der Waals surface area contributed by atoms with Gasteiger partial charge in [-0.25, -0.2) is 9.67 Å². The van der Waals surface area contributed by atoms with Crippen molar-refractivity contribution in [2.24, 2.45) is 7.05 Å². The number of benzene rings is 1. The van der Waals surface area contributed by atoms with Gasteiger partial charge in [0.05, 0.1) is 0 Å². The predicted molar refractivity (Wildman–Crippen MR) is 81.9 cm³/mol. The van der Waals surface area contributed by atoms with E-state index in [2.05, 4.69) is 49.4 Å². The van der Waals surface area contributed by atoms with Crippen LogP contribution >= 0.6 is 0 Å². The molecule has 106 valence electrons. The number of aromatic nitrogens is 3. The third-order valence-corrected chi connectivity index (χ3v) is 3.74. The Morgan fingerprint density at radius 2 is 2.05 bits per heavy atom. The van der Waals surface area contributed by atoms with E-state index >= 15 is 0 Å². The lowest BCUT2D eigenvalue weighted by Crippen LogP contribution is -2.13. The lowest BCUT2D eigenvalue weighted by Gasteiger charge is -2.18. The minimum Gasteiger partial charge on any atom is -0.385 e. The van der Waals surface area contributed by atoms with E-state index in [9.17, 15) is 0 Å².